The maximum absolute atomic E-state index is 14.3. The molecule has 0 fully saturated rings. The molecule has 0 aromatic heterocycles. The van der Waals surface area contributed by atoms with E-state index in [9.17, 15) is 19.1 Å². The van der Waals surface area contributed by atoms with E-state index in [0.29, 0.717) is 41.9 Å². The van der Waals surface area contributed by atoms with Crippen molar-refractivity contribution in [3.8, 4) is 11.5 Å². The second-order valence-corrected chi connectivity index (χ2v) is 9.52. The summed E-state index contributed by atoms with van der Waals surface area (Å²) in [5.74, 6) is -0.853. The molecule has 0 spiro atoms. The van der Waals surface area contributed by atoms with E-state index in [2.05, 4.69) is 0 Å². The number of carbonyl (C=O) groups excluding carboxylic acids is 1. The van der Waals surface area contributed by atoms with Crippen molar-refractivity contribution in [2.24, 2.45) is 0 Å². The van der Waals surface area contributed by atoms with Crippen molar-refractivity contribution in [3.05, 3.63) is 94.3 Å². The molecule has 0 bridgehead atoms. The van der Waals surface area contributed by atoms with Crippen LogP contribution in [0.25, 0.3) is 0 Å². The second-order valence-electron chi connectivity index (χ2n) is 9.52. The number of halogens is 1. The molecule has 0 radical (unpaired) electrons. The number of rotatable bonds is 9. The van der Waals surface area contributed by atoms with Crippen LogP contribution in [0.1, 0.15) is 39.5 Å². The average Bonchev–Trinajstić information content (AvgIpc) is 3.17. The van der Waals surface area contributed by atoms with Crippen molar-refractivity contribution in [1.82, 2.24) is 4.90 Å². The van der Waals surface area contributed by atoms with E-state index in [4.69, 9.17) is 9.47 Å². The van der Waals surface area contributed by atoms with Gasteiger partial charge in [0.25, 0.3) is 5.91 Å². The molecule has 1 aliphatic rings. The summed E-state index contributed by atoms with van der Waals surface area (Å²) in [5, 5.41) is 9.44. The Morgan fingerprint density at radius 2 is 1.92 bits per heavy atom. The van der Waals surface area contributed by atoms with E-state index in [-0.39, 0.29) is 12.4 Å². The number of carbonyl (C=O) groups is 2. The van der Waals surface area contributed by atoms with Gasteiger partial charge in [0.1, 0.15) is 18.0 Å². The smallest absolute Gasteiger partial charge is 0.323 e. The van der Waals surface area contributed by atoms with E-state index >= 15 is 0 Å². The zero-order chi connectivity index (χ0) is 25.9. The van der Waals surface area contributed by atoms with Gasteiger partial charge in [0.2, 0.25) is 0 Å². The molecule has 0 unspecified atom stereocenters. The summed E-state index contributed by atoms with van der Waals surface area (Å²) in [6, 6.07) is 17.8. The Balaban J connectivity index is 1.57. The fourth-order valence-electron chi connectivity index (χ4n) is 4.74. The largest absolute Gasteiger partial charge is 0.493 e. The summed E-state index contributed by atoms with van der Waals surface area (Å²) in [6.45, 7) is 3.74. The zero-order valence-corrected chi connectivity index (χ0v) is 20.7. The third kappa shape index (κ3) is 5.67. The molecule has 7 heteroatoms. The second kappa shape index (κ2) is 10.4. The number of carboxylic acid groups (broad SMARTS) is 1. The first-order valence-electron chi connectivity index (χ1n) is 11.9. The number of carboxylic acids is 1. The summed E-state index contributed by atoms with van der Waals surface area (Å²) >= 11 is 0. The number of methoxy groups -OCH3 is 1. The van der Waals surface area contributed by atoms with Gasteiger partial charge < -0.3 is 19.5 Å². The van der Waals surface area contributed by atoms with E-state index in [1.807, 2.05) is 38.1 Å². The van der Waals surface area contributed by atoms with E-state index < -0.39 is 24.0 Å². The van der Waals surface area contributed by atoms with Crippen LogP contribution in [0, 0.1) is 12.7 Å². The molecule has 1 N–H and O–H groups in total. The van der Waals surface area contributed by atoms with E-state index in [1.165, 1.54) is 18.1 Å². The first-order chi connectivity index (χ1) is 17.2. The van der Waals surface area contributed by atoms with Crippen molar-refractivity contribution < 1.29 is 28.6 Å². The molecule has 0 saturated heterocycles. The maximum atomic E-state index is 14.3. The highest BCUT2D eigenvalue weighted by atomic mass is 19.1. The highest BCUT2D eigenvalue weighted by Crippen LogP contribution is 2.44. The molecule has 36 heavy (non-hydrogen) atoms. The Labute approximate surface area is 210 Å². The first kappa shape index (κ1) is 25.2. The lowest BCUT2D eigenvalue weighted by molar-refractivity contribution is -0.137. The Bertz CT molecular complexity index is 1290. The van der Waals surface area contributed by atoms with Gasteiger partial charge in [-0.3, -0.25) is 9.59 Å². The van der Waals surface area contributed by atoms with Gasteiger partial charge in [-0.25, -0.2) is 4.39 Å². The van der Waals surface area contributed by atoms with Crippen LogP contribution < -0.4 is 9.47 Å². The molecule has 1 amide bonds. The first-order valence-corrected chi connectivity index (χ1v) is 11.9. The quantitative estimate of drug-likeness (QED) is 0.463. The molecule has 0 aliphatic carbocycles. The van der Waals surface area contributed by atoms with Gasteiger partial charge in [-0.05, 0) is 49.6 Å². The van der Waals surface area contributed by atoms with Gasteiger partial charge in [0, 0.05) is 30.5 Å². The summed E-state index contributed by atoms with van der Waals surface area (Å²) in [7, 11) is 1.49. The van der Waals surface area contributed by atoms with Crippen molar-refractivity contribution in [2.75, 3.05) is 20.2 Å². The molecule has 1 aliphatic heterocycles. The fraction of sp³-hybridized carbons (Fsp3) is 0.310. The molecular weight excluding hydrogens is 461 g/mol. The maximum Gasteiger partial charge on any atom is 0.323 e. The molecule has 3 aromatic rings. The molecule has 188 valence electrons. The van der Waals surface area contributed by atoms with Crippen LogP contribution in [0.5, 0.6) is 11.5 Å². The highest BCUT2D eigenvalue weighted by molar-refractivity contribution is 5.97. The molecule has 1 atom stereocenters. The van der Waals surface area contributed by atoms with Gasteiger partial charge in [0.05, 0.1) is 7.11 Å². The number of nitrogens with zero attached hydrogens (tertiary/aromatic N) is 1. The average molecular weight is 492 g/mol. The third-order valence-corrected chi connectivity index (χ3v) is 6.40. The Morgan fingerprint density at radius 3 is 2.61 bits per heavy atom. The summed E-state index contributed by atoms with van der Waals surface area (Å²) in [5.41, 5.74) is 3.06. The Morgan fingerprint density at radius 1 is 1.14 bits per heavy atom. The van der Waals surface area contributed by atoms with Crippen LogP contribution in [-0.2, 0) is 24.1 Å². The van der Waals surface area contributed by atoms with Crippen LogP contribution in [0.4, 0.5) is 4.39 Å². The van der Waals surface area contributed by atoms with Crippen molar-refractivity contribution in [1.29, 1.82) is 0 Å². The monoisotopic (exact) mass is 491 g/mol. The van der Waals surface area contributed by atoms with E-state index in [0.717, 1.165) is 16.7 Å². The molecule has 3 aromatic carbocycles. The van der Waals surface area contributed by atoms with Crippen molar-refractivity contribution in [2.45, 2.75) is 38.7 Å². The fourth-order valence-corrected chi connectivity index (χ4v) is 4.74. The van der Waals surface area contributed by atoms with Gasteiger partial charge in [-0.2, -0.15) is 0 Å². The standard InChI is InChI=1S/C29H30FNO5/c1-19-7-6-8-20(13-19)11-12-31(18-26(32)33)28(34)22-14-23-17-29(2,36-27(23)25(15-22)35-3)16-21-9-4-5-10-24(21)30/h4-10,13-15H,11-12,16-18H2,1-3H3,(H,32,33)/t29-/m0/s1. The minimum Gasteiger partial charge on any atom is -0.493 e. The normalized spacial score (nSPS) is 16.2. The number of aliphatic carboxylic acids is 1. The van der Waals surface area contributed by atoms with Gasteiger partial charge >= 0.3 is 5.97 Å². The lowest BCUT2D eigenvalue weighted by Gasteiger charge is -2.24. The van der Waals surface area contributed by atoms with Crippen LogP contribution in [0.15, 0.2) is 60.7 Å². The van der Waals surface area contributed by atoms with E-state index in [1.54, 1.807) is 30.3 Å². The number of ether oxygens (including phenoxy) is 2. The van der Waals surface area contributed by atoms with Crippen LogP contribution in [0.2, 0.25) is 0 Å². The summed E-state index contributed by atoms with van der Waals surface area (Å²) < 4.78 is 26.1. The number of hydrogen-bond acceptors (Lipinski definition) is 4. The topological polar surface area (TPSA) is 76.1 Å². The van der Waals surface area contributed by atoms with Crippen LogP contribution in [-0.4, -0.2) is 47.7 Å². The molecule has 6 nitrogen and oxygen atoms in total. The minimum absolute atomic E-state index is 0.259. The molecule has 1 heterocycles. The minimum atomic E-state index is -1.08. The van der Waals surface area contributed by atoms with Crippen molar-refractivity contribution >= 4 is 11.9 Å². The molecule has 4 rings (SSSR count). The third-order valence-electron chi connectivity index (χ3n) is 6.40. The van der Waals surface area contributed by atoms with Gasteiger partial charge in [-0.15, -0.1) is 0 Å². The lowest BCUT2D eigenvalue weighted by Crippen LogP contribution is -2.37. The van der Waals surface area contributed by atoms with Gasteiger partial charge in [-0.1, -0.05) is 48.0 Å². The number of hydrogen-bond donors (Lipinski definition) is 1. The van der Waals surface area contributed by atoms with Crippen LogP contribution >= 0.6 is 0 Å². The summed E-state index contributed by atoms with van der Waals surface area (Å²) in [6.07, 6.45) is 1.34. The highest BCUT2D eigenvalue weighted by Gasteiger charge is 2.38. The number of aryl methyl sites for hydroxylation is 1. The SMILES string of the molecule is COc1cc(C(=O)N(CCc2cccc(C)c2)CC(=O)O)cc2c1O[C@@](C)(Cc1ccccc1F)C2. The van der Waals surface area contributed by atoms with Crippen LogP contribution in [0.3, 0.4) is 0 Å². The van der Waals surface area contributed by atoms with Gasteiger partial charge in [0.15, 0.2) is 11.5 Å². The summed E-state index contributed by atoms with van der Waals surface area (Å²) in [4.78, 5) is 26.3. The lowest BCUT2D eigenvalue weighted by atomic mass is 9.91. The number of amides is 1. The predicted molar refractivity (Wildman–Crippen MR) is 134 cm³/mol. The Hall–Kier alpha value is -3.87. The Kier molecular flexibility index (Phi) is 7.29. The molecular formula is C29H30FNO5. The van der Waals surface area contributed by atoms with Crippen molar-refractivity contribution in [3.63, 3.8) is 0 Å². The zero-order valence-electron chi connectivity index (χ0n) is 20.7. The predicted octanol–water partition coefficient (Wildman–Crippen LogP) is 4.85. The number of fused-ring (bicyclic) bond motifs is 1. The molecule has 0 saturated carbocycles. The number of benzene rings is 3.